The van der Waals surface area contributed by atoms with Gasteiger partial charge in [0.2, 0.25) is 0 Å². The fraction of sp³-hybridized carbons (Fsp3) is 0.294. The summed E-state index contributed by atoms with van der Waals surface area (Å²) >= 11 is 0. The standard InChI is InChI=1S/C17H21O3P/c1-3-19-21(18,17-12-8-5-9-13-17)20-14-15(2)16-10-6-4-7-11-16/h4-13,15H,3,14H2,1-2H3. The Morgan fingerprint density at radius 1 is 0.952 bits per heavy atom. The van der Waals surface area contributed by atoms with Crippen LogP contribution in [0.4, 0.5) is 0 Å². The third kappa shape index (κ3) is 4.28. The summed E-state index contributed by atoms with van der Waals surface area (Å²) in [7, 11) is -3.25. The summed E-state index contributed by atoms with van der Waals surface area (Å²) in [6.45, 7) is 4.58. The van der Waals surface area contributed by atoms with Crippen molar-refractivity contribution in [3.63, 3.8) is 0 Å². The third-order valence-electron chi connectivity index (χ3n) is 3.23. The molecule has 0 aliphatic rings. The van der Waals surface area contributed by atoms with Crippen LogP contribution in [0.3, 0.4) is 0 Å². The Labute approximate surface area is 126 Å². The molecule has 0 fully saturated rings. The van der Waals surface area contributed by atoms with Crippen LogP contribution in [0, 0.1) is 0 Å². The average Bonchev–Trinajstić information content (AvgIpc) is 2.54. The van der Waals surface area contributed by atoms with Crippen LogP contribution >= 0.6 is 7.60 Å². The summed E-state index contributed by atoms with van der Waals surface area (Å²) in [5, 5.41) is 0.604. The first-order valence-electron chi connectivity index (χ1n) is 7.15. The highest BCUT2D eigenvalue weighted by molar-refractivity contribution is 7.62. The van der Waals surface area contributed by atoms with Gasteiger partial charge in [0.1, 0.15) is 0 Å². The first-order valence-corrected chi connectivity index (χ1v) is 8.69. The van der Waals surface area contributed by atoms with Crippen molar-refractivity contribution in [2.24, 2.45) is 0 Å². The van der Waals surface area contributed by atoms with Crippen molar-refractivity contribution in [1.29, 1.82) is 0 Å². The van der Waals surface area contributed by atoms with Gasteiger partial charge in [-0.2, -0.15) is 0 Å². The maximum Gasteiger partial charge on any atom is 0.361 e. The van der Waals surface area contributed by atoms with E-state index in [-0.39, 0.29) is 5.92 Å². The van der Waals surface area contributed by atoms with E-state index in [0.717, 1.165) is 5.56 Å². The van der Waals surface area contributed by atoms with Gasteiger partial charge in [-0.1, -0.05) is 55.5 Å². The van der Waals surface area contributed by atoms with Crippen LogP contribution in [-0.2, 0) is 13.6 Å². The van der Waals surface area contributed by atoms with Crippen LogP contribution in [-0.4, -0.2) is 13.2 Å². The lowest BCUT2D eigenvalue weighted by Crippen LogP contribution is -2.13. The molecule has 0 spiro atoms. The molecular weight excluding hydrogens is 283 g/mol. The zero-order chi connectivity index (χ0) is 15.1. The van der Waals surface area contributed by atoms with E-state index in [1.807, 2.05) is 55.5 Å². The summed E-state index contributed by atoms with van der Waals surface area (Å²) in [4.78, 5) is 0. The molecule has 0 bridgehead atoms. The van der Waals surface area contributed by atoms with Crippen LogP contribution in [0.2, 0.25) is 0 Å². The summed E-state index contributed by atoms with van der Waals surface area (Å²) in [6.07, 6.45) is 0. The van der Waals surface area contributed by atoms with Gasteiger partial charge in [-0.15, -0.1) is 0 Å². The maximum atomic E-state index is 12.9. The molecule has 21 heavy (non-hydrogen) atoms. The largest absolute Gasteiger partial charge is 0.361 e. The summed E-state index contributed by atoms with van der Waals surface area (Å²) in [6, 6.07) is 19.2. The highest BCUT2D eigenvalue weighted by atomic mass is 31.2. The summed E-state index contributed by atoms with van der Waals surface area (Å²) in [5.74, 6) is 0.156. The Balaban J connectivity index is 2.09. The van der Waals surface area contributed by atoms with E-state index in [4.69, 9.17) is 9.05 Å². The molecule has 0 aromatic heterocycles. The molecule has 0 heterocycles. The van der Waals surface area contributed by atoms with E-state index in [0.29, 0.717) is 18.5 Å². The van der Waals surface area contributed by atoms with E-state index in [9.17, 15) is 4.57 Å². The lowest BCUT2D eigenvalue weighted by Gasteiger charge is -2.20. The van der Waals surface area contributed by atoms with E-state index >= 15 is 0 Å². The van der Waals surface area contributed by atoms with E-state index < -0.39 is 7.60 Å². The lowest BCUT2D eigenvalue weighted by molar-refractivity contribution is 0.212. The van der Waals surface area contributed by atoms with Crippen LogP contribution in [0.25, 0.3) is 0 Å². The van der Waals surface area contributed by atoms with Crippen LogP contribution in [0.5, 0.6) is 0 Å². The molecular formula is C17H21O3P. The fourth-order valence-corrected chi connectivity index (χ4v) is 3.72. The number of hydrogen-bond donors (Lipinski definition) is 0. The minimum atomic E-state index is -3.25. The third-order valence-corrected chi connectivity index (χ3v) is 5.25. The molecule has 2 aromatic carbocycles. The van der Waals surface area contributed by atoms with E-state index in [2.05, 4.69) is 6.92 Å². The fourth-order valence-electron chi connectivity index (χ4n) is 2.05. The molecule has 0 aliphatic carbocycles. The van der Waals surface area contributed by atoms with Crippen molar-refractivity contribution in [3.8, 4) is 0 Å². The van der Waals surface area contributed by atoms with Gasteiger partial charge < -0.3 is 9.05 Å². The second-order valence-electron chi connectivity index (χ2n) is 4.86. The average molecular weight is 304 g/mol. The second kappa shape index (κ2) is 7.56. The number of benzene rings is 2. The van der Waals surface area contributed by atoms with Gasteiger partial charge in [0.15, 0.2) is 0 Å². The molecule has 2 rings (SSSR count). The Morgan fingerprint density at radius 2 is 1.52 bits per heavy atom. The first-order chi connectivity index (χ1) is 10.2. The highest BCUT2D eigenvalue weighted by Crippen LogP contribution is 2.47. The second-order valence-corrected chi connectivity index (χ2v) is 6.89. The molecule has 3 nitrogen and oxygen atoms in total. The van der Waals surface area contributed by atoms with Gasteiger partial charge in [0.05, 0.1) is 18.5 Å². The van der Waals surface area contributed by atoms with Gasteiger partial charge in [0, 0.05) is 5.92 Å². The van der Waals surface area contributed by atoms with Crippen LogP contribution < -0.4 is 5.30 Å². The molecule has 4 heteroatoms. The molecule has 0 saturated heterocycles. The molecule has 0 aliphatic heterocycles. The molecule has 2 aromatic rings. The normalized spacial score (nSPS) is 15.3. The van der Waals surface area contributed by atoms with Crippen LogP contribution in [0.1, 0.15) is 25.3 Å². The Kier molecular flexibility index (Phi) is 5.75. The zero-order valence-corrected chi connectivity index (χ0v) is 13.3. The quantitative estimate of drug-likeness (QED) is 0.713. The number of hydrogen-bond acceptors (Lipinski definition) is 3. The van der Waals surface area contributed by atoms with Gasteiger partial charge >= 0.3 is 7.60 Å². The molecule has 2 unspecified atom stereocenters. The van der Waals surface area contributed by atoms with Gasteiger partial charge in [-0.05, 0) is 24.6 Å². The molecule has 0 N–H and O–H groups in total. The predicted molar refractivity (Wildman–Crippen MR) is 86.1 cm³/mol. The van der Waals surface area contributed by atoms with Crippen molar-refractivity contribution < 1.29 is 13.6 Å². The Bertz CT molecular complexity index is 583. The SMILES string of the molecule is CCOP(=O)(OCC(C)c1ccccc1)c1ccccc1. The van der Waals surface area contributed by atoms with Crippen molar-refractivity contribution in [2.75, 3.05) is 13.2 Å². The molecule has 0 saturated carbocycles. The van der Waals surface area contributed by atoms with Crippen molar-refractivity contribution in [2.45, 2.75) is 19.8 Å². The van der Waals surface area contributed by atoms with Gasteiger partial charge in [-0.3, -0.25) is 4.57 Å². The summed E-state index contributed by atoms with van der Waals surface area (Å²) in [5.41, 5.74) is 1.16. The van der Waals surface area contributed by atoms with Crippen molar-refractivity contribution in [3.05, 3.63) is 66.2 Å². The minimum absolute atomic E-state index is 0.156. The monoisotopic (exact) mass is 304 g/mol. The molecule has 0 amide bonds. The van der Waals surface area contributed by atoms with Crippen molar-refractivity contribution in [1.82, 2.24) is 0 Å². The minimum Gasteiger partial charge on any atom is -0.305 e. The summed E-state index contributed by atoms with van der Waals surface area (Å²) < 4.78 is 24.0. The highest BCUT2D eigenvalue weighted by Gasteiger charge is 2.27. The number of rotatable bonds is 7. The van der Waals surface area contributed by atoms with Crippen molar-refractivity contribution >= 4 is 12.9 Å². The smallest absolute Gasteiger partial charge is 0.305 e. The molecule has 0 radical (unpaired) electrons. The Hall–Kier alpha value is -1.41. The molecule has 2 atom stereocenters. The van der Waals surface area contributed by atoms with E-state index in [1.165, 1.54) is 0 Å². The lowest BCUT2D eigenvalue weighted by atomic mass is 10.0. The van der Waals surface area contributed by atoms with Crippen LogP contribution in [0.15, 0.2) is 60.7 Å². The first kappa shape index (κ1) is 16.0. The maximum absolute atomic E-state index is 12.9. The van der Waals surface area contributed by atoms with Gasteiger partial charge in [0.25, 0.3) is 0 Å². The van der Waals surface area contributed by atoms with E-state index in [1.54, 1.807) is 12.1 Å². The predicted octanol–water partition coefficient (Wildman–Crippen LogP) is 4.36. The van der Waals surface area contributed by atoms with Gasteiger partial charge in [-0.25, -0.2) is 0 Å². The molecule has 112 valence electrons. The topological polar surface area (TPSA) is 35.5 Å². The zero-order valence-electron chi connectivity index (χ0n) is 12.4. The Morgan fingerprint density at radius 3 is 2.10 bits per heavy atom.